The smallest absolute Gasteiger partial charge is 0.388 e. The second kappa shape index (κ2) is 7.06. The van der Waals surface area contributed by atoms with Crippen molar-refractivity contribution in [2.75, 3.05) is 33.0 Å². The Balaban J connectivity index is 2.10. The van der Waals surface area contributed by atoms with Crippen LogP contribution < -0.4 is 5.32 Å². The number of nitrogens with one attached hydrogen (secondary N) is 1. The molecule has 0 aromatic carbocycles. The molecular formula is C11H18F3NO4. The summed E-state index contributed by atoms with van der Waals surface area (Å²) in [7, 11) is 0. The van der Waals surface area contributed by atoms with Crippen molar-refractivity contribution in [2.24, 2.45) is 0 Å². The van der Waals surface area contributed by atoms with E-state index in [0.717, 1.165) is 0 Å². The predicted octanol–water partition coefficient (Wildman–Crippen LogP) is 0.613. The highest BCUT2D eigenvalue weighted by atomic mass is 19.4. The molecule has 112 valence electrons. The van der Waals surface area contributed by atoms with E-state index in [1.54, 1.807) is 0 Å². The molecular weight excluding hydrogens is 267 g/mol. The molecule has 1 heterocycles. The number of carbonyl (C=O) groups excluding carboxylic acids is 1. The molecule has 1 aliphatic heterocycles. The average molecular weight is 285 g/mol. The number of alkyl halides is 3. The Morgan fingerprint density at radius 3 is 2.58 bits per heavy atom. The van der Waals surface area contributed by atoms with E-state index in [1.165, 1.54) is 0 Å². The molecule has 1 fully saturated rings. The van der Waals surface area contributed by atoms with Gasteiger partial charge in [0.05, 0.1) is 12.2 Å². The fraction of sp³-hybridized carbons (Fsp3) is 0.909. The molecule has 0 bridgehead atoms. The summed E-state index contributed by atoms with van der Waals surface area (Å²) in [5, 5.41) is 12.5. The van der Waals surface area contributed by atoms with Crippen molar-refractivity contribution in [3.63, 3.8) is 0 Å². The van der Waals surface area contributed by atoms with Crippen molar-refractivity contribution in [3.05, 3.63) is 0 Å². The van der Waals surface area contributed by atoms with Crippen LogP contribution in [0.1, 0.15) is 19.3 Å². The van der Waals surface area contributed by atoms with Crippen molar-refractivity contribution >= 4 is 5.91 Å². The van der Waals surface area contributed by atoms with Crippen LogP contribution in [-0.4, -0.2) is 55.8 Å². The fourth-order valence-electron chi connectivity index (χ4n) is 1.63. The SMILES string of the molecule is O=C(CCOCC(F)(F)F)NCC1(O)CCOCC1. The van der Waals surface area contributed by atoms with Gasteiger partial charge in [-0.15, -0.1) is 0 Å². The number of aliphatic hydroxyl groups is 1. The van der Waals surface area contributed by atoms with E-state index in [4.69, 9.17) is 4.74 Å². The molecule has 0 aromatic heterocycles. The minimum absolute atomic E-state index is 0.0778. The Morgan fingerprint density at radius 1 is 1.37 bits per heavy atom. The molecule has 1 saturated heterocycles. The van der Waals surface area contributed by atoms with Gasteiger partial charge in [0.25, 0.3) is 0 Å². The van der Waals surface area contributed by atoms with Gasteiger partial charge in [-0.25, -0.2) is 0 Å². The van der Waals surface area contributed by atoms with E-state index in [0.29, 0.717) is 26.1 Å². The Labute approximate surface area is 109 Å². The average Bonchev–Trinajstić information content (AvgIpc) is 2.32. The van der Waals surface area contributed by atoms with Crippen molar-refractivity contribution in [1.82, 2.24) is 5.32 Å². The maximum atomic E-state index is 11.8. The van der Waals surface area contributed by atoms with Crippen molar-refractivity contribution in [3.8, 4) is 0 Å². The summed E-state index contributed by atoms with van der Waals surface area (Å²) in [6, 6.07) is 0. The number of hydrogen-bond acceptors (Lipinski definition) is 4. The van der Waals surface area contributed by atoms with Crippen LogP contribution in [0, 0.1) is 0 Å². The van der Waals surface area contributed by atoms with Gasteiger partial charge in [0, 0.05) is 39.0 Å². The van der Waals surface area contributed by atoms with Crippen molar-refractivity contribution in [1.29, 1.82) is 0 Å². The number of hydrogen-bond donors (Lipinski definition) is 2. The lowest BCUT2D eigenvalue weighted by Gasteiger charge is -2.32. The van der Waals surface area contributed by atoms with Crippen LogP contribution >= 0.6 is 0 Å². The highest BCUT2D eigenvalue weighted by Gasteiger charge is 2.30. The largest absolute Gasteiger partial charge is 0.411 e. The van der Waals surface area contributed by atoms with E-state index in [9.17, 15) is 23.1 Å². The monoisotopic (exact) mass is 285 g/mol. The fourth-order valence-corrected chi connectivity index (χ4v) is 1.63. The second-order valence-electron chi connectivity index (χ2n) is 4.53. The van der Waals surface area contributed by atoms with Gasteiger partial charge in [0.2, 0.25) is 5.91 Å². The maximum Gasteiger partial charge on any atom is 0.411 e. The zero-order chi connectivity index (χ0) is 14.4. The topological polar surface area (TPSA) is 67.8 Å². The third-order valence-corrected chi connectivity index (χ3v) is 2.78. The zero-order valence-corrected chi connectivity index (χ0v) is 10.5. The maximum absolute atomic E-state index is 11.8. The lowest BCUT2D eigenvalue weighted by Crippen LogP contribution is -2.46. The molecule has 0 radical (unpaired) electrons. The third kappa shape index (κ3) is 7.34. The molecule has 8 heteroatoms. The van der Waals surface area contributed by atoms with E-state index >= 15 is 0 Å². The summed E-state index contributed by atoms with van der Waals surface area (Å²) in [5.41, 5.74) is -0.985. The number of amides is 1. The first-order chi connectivity index (χ1) is 8.81. The molecule has 5 nitrogen and oxygen atoms in total. The highest BCUT2D eigenvalue weighted by Crippen LogP contribution is 2.19. The number of carbonyl (C=O) groups is 1. The van der Waals surface area contributed by atoms with Crippen LogP contribution in [0.3, 0.4) is 0 Å². The van der Waals surface area contributed by atoms with Crippen molar-refractivity contribution < 1.29 is 32.5 Å². The van der Waals surface area contributed by atoms with Gasteiger partial charge in [0.15, 0.2) is 0 Å². The molecule has 1 aliphatic rings. The van der Waals surface area contributed by atoms with Gasteiger partial charge in [-0.1, -0.05) is 0 Å². The number of halogens is 3. The standard InChI is InChI=1S/C11H18F3NO4/c12-11(13,14)8-19-4-1-9(16)15-7-10(17)2-5-18-6-3-10/h17H,1-8H2,(H,15,16). The molecule has 19 heavy (non-hydrogen) atoms. The van der Waals surface area contributed by atoms with E-state index < -0.39 is 24.3 Å². The zero-order valence-electron chi connectivity index (χ0n) is 10.5. The second-order valence-corrected chi connectivity index (χ2v) is 4.53. The van der Waals surface area contributed by atoms with Gasteiger partial charge in [-0.05, 0) is 0 Å². The van der Waals surface area contributed by atoms with Crippen LogP contribution in [0.5, 0.6) is 0 Å². The Hall–Kier alpha value is -0.860. The summed E-state index contributed by atoms with van der Waals surface area (Å²) >= 11 is 0. The lowest BCUT2D eigenvalue weighted by molar-refractivity contribution is -0.174. The minimum Gasteiger partial charge on any atom is -0.388 e. The summed E-state index contributed by atoms with van der Waals surface area (Å²) < 4.78 is 44.7. The molecule has 0 spiro atoms. The first kappa shape index (κ1) is 16.2. The highest BCUT2D eigenvalue weighted by molar-refractivity contribution is 5.76. The molecule has 0 aromatic rings. The predicted molar refractivity (Wildman–Crippen MR) is 59.5 cm³/mol. The Kier molecular flexibility index (Phi) is 6.02. The lowest BCUT2D eigenvalue weighted by atomic mass is 9.94. The van der Waals surface area contributed by atoms with E-state index in [1.807, 2.05) is 0 Å². The summed E-state index contributed by atoms with van der Waals surface area (Å²) in [4.78, 5) is 11.3. The van der Waals surface area contributed by atoms with Crippen LogP contribution in [0.15, 0.2) is 0 Å². The van der Waals surface area contributed by atoms with Crippen LogP contribution in [0.2, 0.25) is 0 Å². The van der Waals surface area contributed by atoms with E-state index in [-0.39, 0.29) is 19.6 Å². The van der Waals surface area contributed by atoms with Gasteiger partial charge >= 0.3 is 6.18 Å². The molecule has 0 unspecified atom stereocenters. The molecule has 0 atom stereocenters. The van der Waals surface area contributed by atoms with Gasteiger partial charge in [-0.2, -0.15) is 13.2 Å². The molecule has 0 saturated carbocycles. The van der Waals surface area contributed by atoms with Crippen molar-refractivity contribution in [2.45, 2.75) is 31.0 Å². The Bertz CT molecular complexity index is 290. The van der Waals surface area contributed by atoms with Crippen LogP contribution in [-0.2, 0) is 14.3 Å². The first-order valence-corrected chi connectivity index (χ1v) is 6.02. The molecule has 1 rings (SSSR count). The molecule has 1 amide bonds. The summed E-state index contributed by atoms with van der Waals surface area (Å²) in [6.45, 7) is -0.717. The van der Waals surface area contributed by atoms with Gasteiger partial charge < -0.3 is 19.9 Å². The first-order valence-electron chi connectivity index (χ1n) is 6.02. The summed E-state index contributed by atoms with van der Waals surface area (Å²) in [5.74, 6) is -0.443. The Morgan fingerprint density at radius 2 is 2.00 bits per heavy atom. The quantitative estimate of drug-likeness (QED) is 0.702. The molecule has 2 N–H and O–H groups in total. The minimum atomic E-state index is -4.38. The van der Waals surface area contributed by atoms with E-state index in [2.05, 4.69) is 10.1 Å². The molecule has 0 aliphatic carbocycles. The third-order valence-electron chi connectivity index (χ3n) is 2.78. The summed E-state index contributed by atoms with van der Waals surface area (Å²) in [6.07, 6.45) is -3.69. The number of rotatable bonds is 6. The van der Waals surface area contributed by atoms with Crippen LogP contribution in [0.4, 0.5) is 13.2 Å². The number of ether oxygens (including phenoxy) is 2. The van der Waals surface area contributed by atoms with Gasteiger partial charge in [-0.3, -0.25) is 4.79 Å². The van der Waals surface area contributed by atoms with Crippen LogP contribution in [0.25, 0.3) is 0 Å². The van der Waals surface area contributed by atoms with Gasteiger partial charge in [0.1, 0.15) is 6.61 Å². The normalized spacial score (nSPS) is 19.2.